The lowest BCUT2D eigenvalue weighted by atomic mass is 10.1. The van der Waals surface area contributed by atoms with Gasteiger partial charge in [-0.3, -0.25) is 9.59 Å². The topological polar surface area (TPSA) is 70.7 Å². The second-order valence-electron chi connectivity index (χ2n) is 6.92. The van der Waals surface area contributed by atoms with Crippen LogP contribution < -0.4 is 20.3 Å². The van der Waals surface area contributed by atoms with Crippen molar-refractivity contribution in [3.8, 4) is 5.75 Å². The van der Waals surface area contributed by atoms with Crippen molar-refractivity contribution in [2.75, 3.05) is 35.2 Å². The molecule has 2 amide bonds. The largest absolute Gasteiger partial charge is 0.482 e. The third-order valence-electron chi connectivity index (χ3n) is 4.98. The number of para-hydroxylation sites is 2. The molecule has 27 heavy (non-hydrogen) atoms. The van der Waals surface area contributed by atoms with E-state index in [-0.39, 0.29) is 18.4 Å². The molecule has 0 radical (unpaired) electrons. The highest BCUT2D eigenvalue weighted by Crippen LogP contribution is 2.31. The fourth-order valence-electron chi connectivity index (χ4n) is 3.58. The van der Waals surface area contributed by atoms with Crippen molar-refractivity contribution in [2.24, 2.45) is 0 Å². The number of carbonyl (C=O) groups is 2. The number of ether oxygens (including phenoxy) is 1. The number of rotatable bonds is 3. The molecule has 2 aliphatic heterocycles. The fraction of sp³-hybridized carbons (Fsp3) is 0.333. The summed E-state index contributed by atoms with van der Waals surface area (Å²) in [6.45, 7) is 1.99. The number of hydrogen-bond acceptors (Lipinski definition) is 4. The van der Waals surface area contributed by atoms with E-state index >= 15 is 0 Å². The molecule has 140 valence electrons. The van der Waals surface area contributed by atoms with Crippen LogP contribution in [0.25, 0.3) is 0 Å². The Morgan fingerprint density at radius 3 is 2.63 bits per heavy atom. The molecule has 0 bridgehead atoms. The van der Waals surface area contributed by atoms with Crippen LogP contribution in [0.5, 0.6) is 5.75 Å². The van der Waals surface area contributed by atoms with Crippen LogP contribution in [0.2, 0.25) is 0 Å². The SMILES string of the molecule is O=C1COc2cc(C(=O)Nc3ccccc3N3CCCCCC3)ccc2N1. The van der Waals surface area contributed by atoms with Crippen molar-refractivity contribution in [3.63, 3.8) is 0 Å². The van der Waals surface area contributed by atoms with Gasteiger partial charge in [0.25, 0.3) is 11.8 Å². The molecular formula is C21H23N3O3. The van der Waals surface area contributed by atoms with Crippen LogP contribution in [-0.2, 0) is 4.79 Å². The second kappa shape index (κ2) is 7.70. The maximum absolute atomic E-state index is 12.8. The molecule has 0 aliphatic carbocycles. The van der Waals surface area contributed by atoms with Crippen LogP contribution in [0, 0.1) is 0 Å². The first-order valence-corrected chi connectivity index (χ1v) is 9.43. The van der Waals surface area contributed by atoms with Gasteiger partial charge in [-0.1, -0.05) is 25.0 Å². The molecule has 2 aromatic rings. The summed E-state index contributed by atoms with van der Waals surface area (Å²) in [7, 11) is 0. The van der Waals surface area contributed by atoms with E-state index in [2.05, 4.69) is 21.6 Å². The molecule has 2 heterocycles. The number of fused-ring (bicyclic) bond motifs is 1. The first-order valence-electron chi connectivity index (χ1n) is 9.43. The average Bonchev–Trinajstić information content (AvgIpc) is 2.97. The minimum atomic E-state index is -0.194. The van der Waals surface area contributed by atoms with Crippen molar-refractivity contribution in [3.05, 3.63) is 48.0 Å². The van der Waals surface area contributed by atoms with Gasteiger partial charge < -0.3 is 20.3 Å². The van der Waals surface area contributed by atoms with Crippen LogP contribution >= 0.6 is 0 Å². The smallest absolute Gasteiger partial charge is 0.262 e. The van der Waals surface area contributed by atoms with E-state index in [0.717, 1.165) is 24.5 Å². The summed E-state index contributed by atoms with van der Waals surface area (Å²) in [5.74, 6) is 0.134. The lowest BCUT2D eigenvalue weighted by Gasteiger charge is -2.25. The summed E-state index contributed by atoms with van der Waals surface area (Å²) in [4.78, 5) is 26.5. The molecule has 0 saturated carbocycles. The van der Waals surface area contributed by atoms with Crippen molar-refractivity contribution in [1.29, 1.82) is 0 Å². The van der Waals surface area contributed by atoms with Gasteiger partial charge in [0.2, 0.25) is 0 Å². The lowest BCUT2D eigenvalue weighted by molar-refractivity contribution is -0.118. The highest BCUT2D eigenvalue weighted by molar-refractivity contribution is 6.07. The Morgan fingerprint density at radius 2 is 1.81 bits per heavy atom. The van der Waals surface area contributed by atoms with E-state index in [1.54, 1.807) is 18.2 Å². The average molecular weight is 365 g/mol. The third kappa shape index (κ3) is 3.89. The Bertz CT molecular complexity index is 858. The second-order valence-corrected chi connectivity index (χ2v) is 6.92. The number of hydrogen-bond donors (Lipinski definition) is 2. The Morgan fingerprint density at radius 1 is 1.04 bits per heavy atom. The van der Waals surface area contributed by atoms with Gasteiger partial charge in [0.05, 0.1) is 17.1 Å². The van der Waals surface area contributed by atoms with Crippen LogP contribution in [-0.4, -0.2) is 31.5 Å². The van der Waals surface area contributed by atoms with Gasteiger partial charge in [-0.25, -0.2) is 0 Å². The van der Waals surface area contributed by atoms with Crippen LogP contribution in [0.15, 0.2) is 42.5 Å². The van der Waals surface area contributed by atoms with Crippen molar-refractivity contribution < 1.29 is 14.3 Å². The van der Waals surface area contributed by atoms with E-state index in [9.17, 15) is 9.59 Å². The number of nitrogens with zero attached hydrogens (tertiary/aromatic N) is 1. The minimum absolute atomic E-state index is 0.0319. The first-order chi connectivity index (χ1) is 13.2. The number of benzene rings is 2. The summed E-state index contributed by atoms with van der Waals surface area (Å²) in [5.41, 5.74) is 2.97. The molecule has 6 heteroatoms. The van der Waals surface area contributed by atoms with Gasteiger partial charge in [0.1, 0.15) is 5.75 Å². The van der Waals surface area contributed by atoms with Crippen LogP contribution in [0.1, 0.15) is 36.0 Å². The zero-order valence-corrected chi connectivity index (χ0v) is 15.2. The molecule has 2 N–H and O–H groups in total. The quantitative estimate of drug-likeness (QED) is 0.871. The van der Waals surface area contributed by atoms with Gasteiger partial charge in [0.15, 0.2) is 6.61 Å². The summed E-state index contributed by atoms with van der Waals surface area (Å²) in [5, 5.41) is 5.77. The molecule has 1 fully saturated rings. The van der Waals surface area contributed by atoms with Crippen molar-refractivity contribution in [2.45, 2.75) is 25.7 Å². The summed E-state index contributed by atoms with van der Waals surface area (Å²) >= 11 is 0. The predicted molar refractivity (Wildman–Crippen MR) is 106 cm³/mol. The summed E-state index contributed by atoms with van der Waals surface area (Å²) in [6, 6.07) is 13.0. The monoisotopic (exact) mass is 365 g/mol. The van der Waals surface area contributed by atoms with Gasteiger partial charge >= 0.3 is 0 Å². The third-order valence-corrected chi connectivity index (χ3v) is 4.98. The first kappa shape index (κ1) is 17.4. The number of nitrogens with one attached hydrogen (secondary N) is 2. The number of amides is 2. The zero-order chi connectivity index (χ0) is 18.6. The van der Waals surface area contributed by atoms with E-state index in [1.807, 2.05) is 18.2 Å². The lowest BCUT2D eigenvalue weighted by Crippen LogP contribution is -2.26. The maximum atomic E-state index is 12.8. The van der Waals surface area contributed by atoms with Crippen molar-refractivity contribution >= 4 is 28.9 Å². The highest BCUT2D eigenvalue weighted by atomic mass is 16.5. The van der Waals surface area contributed by atoms with Gasteiger partial charge in [-0.15, -0.1) is 0 Å². The molecule has 4 rings (SSSR count). The molecule has 0 atom stereocenters. The Kier molecular flexibility index (Phi) is 4.96. The number of anilines is 3. The molecular weight excluding hydrogens is 342 g/mol. The molecule has 2 aromatic carbocycles. The zero-order valence-electron chi connectivity index (χ0n) is 15.2. The maximum Gasteiger partial charge on any atom is 0.262 e. The highest BCUT2D eigenvalue weighted by Gasteiger charge is 2.19. The predicted octanol–water partition coefficient (Wildman–Crippen LogP) is 3.65. The van der Waals surface area contributed by atoms with E-state index in [0.29, 0.717) is 17.0 Å². The standard InChI is InChI=1S/C21H23N3O3/c25-20-14-27-19-13-15(9-10-17(19)22-20)21(26)23-16-7-3-4-8-18(16)24-11-5-1-2-6-12-24/h3-4,7-10,13H,1-2,5-6,11-12,14H2,(H,22,25)(H,23,26). The van der Waals surface area contributed by atoms with Gasteiger partial charge in [-0.2, -0.15) is 0 Å². The van der Waals surface area contributed by atoms with Gasteiger partial charge in [-0.05, 0) is 43.2 Å². The van der Waals surface area contributed by atoms with E-state index < -0.39 is 0 Å². The fourth-order valence-corrected chi connectivity index (χ4v) is 3.58. The number of carbonyl (C=O) groups excluding carboxylic acids is 2. The minimum Gasteiger partial charge on any atom is -0.482 e. The van der Waals surface area contributed by atoms with E-state index in [1.165, 1.54) is 25.7 Å². The van der Waals surface area contributed by atoms with Gasteiger partial charge in [0, 0.05) is 18.7 Å². The molecule has 1 saturated heterocycles. The molecule has 6 nitrogen and oxygen atoms in total. The summed E-state index contributed by atoms with van der Waals surface area (Å²) in [6.07, 6.45) is 4.87. The normalized spacial score (nSPS) is 16.6. The van der Waals surface area contributed by atoms with Crippen LogP contribution in [0.3, 0.4) is 0 Å². The van der Waals surface area contributed by atoms with E-state index in [4.69, 9.17) is 4.74 Å². The molecule has 0 aromatic heterocycles. The summed E-state index contributed by atoms with van der Waals surface area (Å²) < 4.78 is 5.41. The Labute approximate surface area is 158 Å². The molecule has 2 aliphatic rings. The van der Waals surface area contributed by atoms with Crippen molar-refractivity contribution in [1.82, 2.24) is 0 Å². The molecule has 0 spiro atoms. The molecule has 0 unspecified atom stereocenters. The Hall–Kier alpha value is -3.02. The van der Waals surface area contributed by atoms with Crippen LogP contribution in [0.4, 0.5) is 17.1 Å². The Balaban J connectivity index is 1.54.